The Morgan fingerprint density at radius 1 is 1.00 bits per heavy atom. The zero-order valence-electron chi connectivity index (χ0n) is 7.73. The highest BCUT2D eigenvalue weighted by atomic mass is 19.2. The summed E-state index contributed by atoms with van der Waals surface area (Å²) in [5.41, 5.74) is -1.03. The number of phenols is 1. The molecule has 0 bridgehead atoms. The van der Waals surface area contributed by atoms with Crippen LogP contribution in [0.2, 0.25) is 0 Å². The fraction of sp³-hybridized carbons (Fsp3) is 0.222. The summed E-state index contributed by atoms with van der Waals surface area (Å²) in [4.78, 5) is 10.2. The number of carboxylic acids is 1. The molecule has 0 aromatic heterocycles. The van der Waals surface area contributed by atoms with Crippen LogP contribution in [-0.2, 0) is 11.2 Å². The van der Waals surface area contributed by atoms with Crippen molar-refractivity contribution in [3.63, 3.8) is 0 Å². The van der Waals surface area contributed by atoms with Gasteiger partial charge in [-0.1, -0.05) is 0 Å². The van der Waals surface area contributed by atoms with E-state index in [1.54, 1.807) is 0 Å². The zero-order chi connectivity index (χ0) is 12.5. The third kappa shape index (κ3) is 2.07. The predicted molar refractivity (Wildman–Crippen MR) is 43.9 cm³/mol. The van der Waals surface area contributed by atoms with Gasteiger partial charge in [-0.2, -0.15) is 8.78 Å². The Kier molecular flexibility index (Phi) is 3.36. The van der Waals surface area contributed by atoms with Crippen LogP contribution in [0.4, 0.5) is 17.6 Å². The highest BCUT2D eigenvalue weighted by Crippen LogP contribution is 2.29. The molecule has 0 atom stereocenters. The zero-order valence-corrected chi connectivity index (χ0v) is 7.73. The summed E-state index contributed by atoms with van der Waals surface area (Å²) in [6, 6.07) is 0. The first-order chi connectivity index (χ1) is 7.36. The Morgan fingerprint density at radius 3 is 1.81 bits per heavy atom. The molecule has 0 aliphatic heterocycles. The molecular formula is C9H6F4O3. The first kappa shape index (κ1) is 12.3. The number of aromatic hydroxyl groups is 1. The molecule has 0 radical (unpaired) electrons. The van der Waals surface area contributed by atoms with Gasteiger partial charge in [0.15, 0.2) is 17.4 Å². The van der Waals surface area contributed by atoms with E-state index in [1.165, 1.54) is 0 Å². The molecule has 0 heterocycles. The van der Waals surface area contributed by atoms with Crippen molar-refractivity contribution in [1.29, 1.82) is 0 Å². The maximum absolute atomic E-state index is 13.0. The summed E-state index contributed by atoms with van der Waals surface area (Å²) in [5, 5.41) is 16.9. The fourth-order valence-electron chi connectivity index (χ4n) is 1.12. The van der Waals surface area contributed by atoms with Gasteiger partial charge in [0, 0.05) is 12.0 Å². The highest BCUT2D eigenvalue weighted by Gasteiger charge is 2.25. The Labute approximate surface area is 86.9 Å². The molecule has 0 aliphatic carbocycles. The highest BCUT2D eigenvalue weighted by molar-refractivity contribution is 5.67. The number of carboxylic acid groups (broad SMARTS) is 1. The van der Waals surface area contributed by atoms with Crippen LogP contribution in [0.5, 0.6) is 5.75 Å². The normalized spacial score (nSPS) is 10.5. The summed E-state index contributed by atoms with van der Waals surface area (Å²) in [7, 11) is 0. The van der Waals surface area contributed by atoms with Crippen molar-refractivity contribution in [2.75, 3.05) is 0 Å². The number of hydrogen-bond acceptors (Lipinski definition) is 2. The molecule has 2 N–H and O–H groups in total. The lowest BCUT2D eigenvalue weighted by Gasteiger charge is -2.07. The number of phenolic OH excluding ortho intramolecular Hbond substituents is 1. The lowest BCUT2D eigenvalue weighted by Crippen LogP contribution is -2.06. The maximum Gasteiger partial charge on any atom is 0.303 e. The minimum atomic E-state index is -1.93. The van der Waals surface area contributed by atoms with Gasteiger partial charge in [-0.15, -0.1) is 0 Å². The van der Waals surface area contributed by atoms with E-state index >= 15 is 0 Å². The lowest BCUT2D eigenvalue weighted by atomic mass is 10.1. The van der Waals surface area contributed by atoms with Crippen LogP contribution in [0.25, 0.3) is 0 Å². The average molecular weight is 238 g/mol. The Morgan fingerprint density at radius 2 is 1.44 bits per heavy atom. The number of hydrogen-bond donors (Lipinski definition) is 2. The Balaban J connectivity index is 3.23. The quantitative estimate of drug-likeness (QED) is 0.625. The third-order valence-corrected chi connectivity index (χ3v) is 1.92. The SMILES string of the molecule is O=C(O)CCc1c(F)c(F)c(O)c(F)c1F. The van der Waals surface area contributed by atoms with E-state index in [0.29, 0.717) is 0 Å². The second-order valence-corrected chi connectivity index (χ2v) is 2.98. The molecule has 0 aliphatic rings. The second kappa shape index (κ2) is 4.38. The molecule has 0 saturated carbocycles. The smallest absolute Gasteiger partial charge is 0.303 e. The van der Waals surface area contributed by atoms with Gasteiger partial charge in [0.25, 0.3) is 0 Å². The van der Waals surface area contributed by atoms with Crippen molar-refractivity contribution in [3.8, 4) is 5.75 Å². The standard InChI is InChI=1S/C9H6F4O3/c10-5-3(1-2-4(14)15)6(11)8(13)9(16)7(5)12/h16H,1-2H2,(H,14,15). The minimum Gasteiger partial charge on any atom is -0.503 e. The van der Waals surface area contributed by atoms with Crippen LogP contribution in [0.1, 0.15) is 12.0 Å². The Hall–Kier alpha value is -1.79. The molecule has 3 nitrogen and oxygen atoms in total. The molecule has 0 unspecified atom stereocenters. The molecule has 7 heteroatoms. The monoisotopic (exact) mass is 238 g/mol. The van der Waals surface area contributed by atoms with E-state index in [9.17, 15) is 22.4 Å². The van der Waals surface area contributed by atoms with E-state index in [0.717, 1.165) is 0 Å². The van der Waals surface area contributed by atoms with Gasteiger partial charge >= 0.3 is 5.97 Å². The van der Waals surface area contributed by atoms with Crippen molar-refractivity contribution in [2.45, 2.75) is 12.8 Å². The molecular weight excluding hydrogens is 232 g/mol. The largest absolute Gasteiger partial charge is 0.503 e. The van der Waals surface area contributed by atoms with Gasteiger partial charge in [0.1, 0.15) is 0 Å². The van der Waals surface area contributed by atoms with Crippen LogP contribution in [-0.4, -0.2) is 16.2 Å². The first-order valence-electron chi connectivity index (χ1n) is 4.11. The van der Waals surface area contributed by atoms with E-state index < -0.39 is 53.4 Å². The van der Waals surface area contributed by atoms with Crippen LogP contribution < -0.4 is 0 Å². The van der Waals surface area contributed by atoms with Crippen molar-refractivity contribution in [3.05, 3.63) is 28.8 Å². The van der Waals surface area contributed by atoms with Gasteiger partial charge in [-0.05, 0) is 6.42 Å². The van der Waals surface area contributed by atoms with Crippen LogP contribution >= 0.6 is 0 Å². The lowest BCUT2D eigenvalue weighted by molar-refractivity contribution is -0.136. The maximum atomic E-state index is 13.0. The molecule has 0 amide bonds. The number of benzene rings is 1. The molecule has 0 saturated heterocycles. The minimum absolute atomic E-state index is 0.683. The van der Waals surface area contributed by atoms with Crippen molar-refractivity contribution < 1.29 is 32.6 Å². The molecule has 0 spiro atoms. The van der Waals surface area contributed by atoms with Crippen molar-refractivity contribution >= 4 is 5.97 Å². The number of rotatable bonds is 3. The molecule has 1 aromatic carbocycles. The van der Waals surface area contributed by atoms with Gasteiger partial charge in [0.2, 0.25) is 11.6 Å². The summed E-state index contributed by atoms with van der Waals surface area (Å²) >= 11 is 0. The number of carbonyl (C=O) groups is 1. The van der Waals surface area contributed by atoms with Crippen LogP contribution in [0, 0.1) is 23.3 Å². The van der Waals surface area contributed by atoms with Gasteiger partial charge < -0.3 is 10.2 Å². The van der Waals surface area contributed by atoms with E-state index in [1.807, 2.05) is 0 Å². The third-order valence-electron chi connectivity index (χ3n) is 1.92. The molecule has 16 heavy (non-hydrogen) atoms. The number of halogens is 4. The summed E-state index contributed by atoms with van der Waals surface area (Å²) < 4.78 is 51.6. The summed E-state index contributed by atoms with van der Waals surface area (Å²) in [5.74, 6) is -10.5. The van der Waals surface area contributed by atoms with Crippen LogP contribution in [0.15, 0.2) is 0 Å². The number of aliphatic carboxylic acids is 1. The Bertz CT molecular complexity index is 416. The van der Waals surface area contributed by atoms with E-state index in [2.05, 4.69) is 0 Å². The second-order valence-electron chi connectivity index (χ2n) is 2.98. The fourth-order valence-corrected chi connectivity index (χ4v) is 1.12. The summed E-state index contributed by atoms with van der Waals surface area (Å²) in [6.07, 6.45) is -1.39. The first-order valence-corrected chi connectivity index (χ1v) is 4.11. The van der Waals surface area contributed by atoms with Crippen molar-refractivity contribution in [2.24, 2.45) is 0 Å². The topological polar surface area (TPSA) is 57.5 Å². The van der Waals surface area contributed by atoms with Gasteiger partial charge in [-0.3, -0.25) is 4.79 Å². The molecule has 1 rings (SSSR count). The molecule has 0 fully saturated rings. The van der Waals surface area contributed by atoms with Gasteiger partial charge in [-0.25, -0.2) is 8.78 Å². The van der Waals surface area contributed by atoms with E-state index in [4.69, 9.17) is 10.2 Å². The van der Waals surface area contributed by atoms with E-state index in [-0.39, 0.29) is 0 Å². The molecule has 1 aromatic rings. The molecule has 88 valence electrons. The predicted octanol–water partition coefficient (Wildman–Crippen LogP) is 1.97. The van der Waals surface area contributed by atoms with Crippen molar-refractivity contribution in [1.82, 2.24) is 0 Å². The van der Waals surface area contributed by atoms with Gasteiger partial charge in [0.05, 0.1) is 0 Å². The summed E-state index contributed by atoms with van der Waals surface area (Å²) in [6.45, 7) is 0. The average Bonchev–Trinajstić information content (AvgIpc) is 2.23. The van der Waals surface area contributed by atoms with Crippen LogP contribution in [0.3, 0.4) is 0 Å².